The molecule has 1 aliphatic heterocycles. The van der Waals surface area contributed by atoms with Crippen LogP contribution in [0.3, 0.4) is 0 Å². The number of fused-ring (bicyclic) bond motifs is 1. The van der Waals surface area contributed by atoms with Crippen molar-refractivity contribution in [2.24, 2.45) is 0 Å². The summed E-state index contributed by atoms with van der Waals surface area (Å²) < 4.78 is 2.36. The van der Waals surface area contributed by atoms with Crippen molar-refractivity contribution in [1.29, 1.82) is 0 Å². The zero-order chi connectivity index (χ0) is 8.39. The number of aromatic nitrogens is 1. The largest absolute Gasteiger partial charge is 0.350 e. The molecule has 0 fully saturated rings. The van der Waals surface area contributed by atoms with Gasteiger partial charge in [-0.3, -0.25) is 5.09 Å². The summed E-state index contributed by atoms with van der Waals surface area (Å²) in [6.45, 7) is 1.19. The Balaban J connectivity index is 2.29. The molecule has 0 saturated carbocycles. The summed E-state index contributed by atoms with van der Waals surface area (Å²) >= 11 is 0. The lowest BCUT2D eigenvalue weighted by Gasteiger charge is -2.14. The standard InChI is InChI=1S/C9H15N2P/c12-10-8-4-1-2-6-11-7-3-5-9(8)11/h3,5,7-8,10H,1-2,4,6,12H2. The third-order valence-electron chi connectivity index (χ3n) is 2.56. The monoisotopic (exact) mass is 182 g/mol. The van der Waals surface area contributed by atoms with E-state index in [1.54, 1.807) is 0 Å². The molecule has 0 bridgehead atoms. The van der Waals surface area contributed by atoms with Gasteiger partial charge in [0.25, 0.3) is 0 Å². The van der Waals surface area contributed by atoms with Crippen LogP contribution in [0.4, 0.5) is 0 Å². The highest BCUT2D eigenvalue weighted by molar-refractivity contribution is 7.13. The molecule has 2 heterocycles. The molecular formula is C9H15N2P. The van der Waals surface area contributed by atoms with Gasteiger partial charge in [0.1, 0.15) is 0 Å². The van der Waals surface area contributed by atoms with Crippen molar-refractivity contribution in [2.45, 2.75) is 31.8 Å². The van der Waals surface area contributed by atoms with E-state index in [0.29, 0.717) is 6.04 Å². The van der Waals surface area contributed by atoms with E-state index in [0.717, 1.165) is 0 Å². The first kappa shape index (κ1) is 8.28. The van der Waals surface area contributed by atoms with Crippen LogP contribution in [0.5, 0.6) is 0 Å². The second kappa shape index (κ2) is 3.59. The molecule has 2 nitrogen and oxygen atoms in total. The second-order valence-electron chi connectivity index (χ2n) is 3.34. The number of rotatable bonds is 1. The maximum atomic E-state index is 3.28. The first-order valence-corrected chi connectivity index (χ1v) is 5.10. The Bertz CT molecular complexity index is 257. The molecule has 66 valence electrons. The molecule has 1 aromatic rings. The number of aryl methyl sites for hydroxylation is 1. The third kappa shape index (κ3) is 1.41. The average molecular weight is 182 g/mol. The van der Waals surface area contributed by atoms with Gasteiger partial charge in [-0.25, -0.2) is 0 Å². The van der Waals surface area contributed by atoms with Crippen molar-refractivity contribution in [1.82, 2.24) is 9.65 Å². The molecule has 2 unspecified atom stereocenters. The van der Waals surface area contributed by atoms with Crippen molar-refractivity contribution in [2.75, 3.05) is 0 Å². The van der Waals surface area contributed by atoms with Crippen LogP contribution < -0.4 is 5.09 Å². The van der Waals surface area contributed by atoms with Crippen LogP contribution in [-0.2, 0) is 6.54 Å². The van der Waals surface area contributed by atoms with Crippen LogP contribution in [0, 0.1) is 0 Å². The molecule has 1 aromatic heterocycles. The van der Waals surface area contributed by atoms with E-state index in [2.05, 4.69) is 37.4 Å². The Labute approximate surface area is 75.6 Å². The second-order valence-corrected chi connectivity index (χ2v) is 3.67. The Kier molecular flexibility index (Phi) is 2.48. The van der Waals surface area contributed by atoms with Crippen LogP contribution in [0.15, 0.2) is 18.3 Å². The van der Waals surface area contributed by atoms with E-state index in [-0.39, 0.29) is 0 Å². The highest BCUT2D eigenvalue weighted by Crippen LogP contribution is 2.25. The van der Waals surface area contributed by atoms with E-state index < -0.39 is 0 Å². The van der Waals surface area contributed by atoms with Gasteiger partial charge in [0, 0.05) is 18.4 Å². The van der Waals surface area contributed by atoms with Crippen LogP contribution in [0.1, 0.15) is 31.0 Å². The Morgan fingerprint density at radius 3 is 3.25 bits per heavy atom. The molecule has 0 radical (unpaired) electrons. The van der Waals surface area contributed by atoms with Gasteiger partial charge in [-0.2, -0.15) is 0 Å². The van der Waals surface area contributed by atoms with Crippen LogP contribution in [0.25, 0.3) is 0 Å². The van der Waals surface area contributed by atoms with Crippen molar-refractivity contribution >= 4 is 9.39 Å². The van der Waals surface area contributed by atoms with Gasteiger partial charge < -0.3 is 4.57 Å². The summed E-state index contributed by atoms with van der Waals surface area (Å²) in [5.74, 6) is 0. The fourth-order valence-corrected chi connectivity index (χ4v) is 2.23. The van der Waals surface area contributed by atoms with E-state index >= 15 is 0 Å². The van der Waals surface area contributed by atoms with Gasteiger partial charge in [0.05, 0.1) is 6.04 Å². The highest BCUT2D eigenvalue weighted by atomic mass is 31.0. The molecule has 0 saturated heterocycles. The van der Waals surface area contributed by atoms with E-state index in [9.17, 15) is 0 Å². The number of hydrogen-bond acceptors (Lipinski definition) is 1. The predicted molar refractivity (Wildman–Crippen MR) is 53.9 cm³/mol. The SMILES string of the molecule is PNC1CCCCn2cccc21. The lowest BCUT2D eigenvalue weighted by molar-refractivity contribution is 0.586. The number of nitrogens with zero attached hydrogens (tertiary/aromatic N) is 1. The molecule has 0 amide bonds. The summed E-state index contributed by atoms with van der Waals surface area (Å²) in [7, 11) is 2.62. The minimum absolute atomic E-state index is 0.535. The lowest BCUT2D eigenvalue weighted by Crippen LogP contribution is -2.12. The molecule has 12 heavy (non-hydrogen) atoms. The topological polar surface area (TPSA) is 17.0 Å². The number of nitrogens with one attached hydrogen (secondary N) is 1. The number of hydrogen-bond donors (Lipinski definition) is 1. The summed E-state index contributed by atoms with van der Waals surface area (Å²) in [4.78, 5) is 0. The maximum Gasteiger partial charge on any atom is 0.0504 e. The smallest absolute Gasteiger partial charge is 0.0504 e. The van der Waals surface area contributed by atoms with E-state index in [1.807, 2.05) is 0 Å². The van der Waals surface area contributed by atoms with Gasteiger partial charge in [-0.05, 0) is 31.4 Å². The summed E-state index contributed by atoms with van der Waals surface area (Å²) in [6.07, 6.45) is 6.07. The third-order valence-corrected chi connectivity index (χ3v) is 2.97. The van der Waals surface area contributed by atoms with Crippen LogP contribution in [0.2, 0.25) is 0 Å². The minimum Gasteiger partial charge on any atom is -0.350 e. The van der Waals surface area contributed by atoms with Crippen LogP contribution >= 0.6 is 9.39 Å². The molecule has 3 heteroatoms. The quantitative estimate of drug-likeness (QED) is 0.658. The molecule has 1 N–H and O–H groups in total. The van der Waals surface area contributed by atoms with Crippen molar-refractivity contribution in [3.8, 4) is 0 Å². The van der Waals surface area contributed by atoms with Gasteiger partial charge in [-0.15, -0.1) is 0 Å². The lowest BCUT2D eigenvalue weighted by atomic mass is 10.1. The zero-order valence-corrected chi connectivity index (χ0v) is 8.32. The Hall–Kier alpha value is -0.330. The molecular weight excluding hydrogens is 167 g/mol. The van der Waals surface area contributed by atoms with Gasteiger partial charge in [0.15, 0.2) is 0 Å². The normalized spacial score (nSPS) is 23.2. The fraction of sp³-hybridized carbons (Fsp3) is 0.556. The summed E-state index contributed by atoms with van der Waals surface area (Å²) in [5, 5.41) is 3.28. The fourth-order valence-electron chi connectivity index (χ4n) is 1.89. The van der Waals surface area contributed by atoms with E-state index in [1.165, 1.54) is 31.5 Å². The summed E-state index contributed by atoms with van der Waals surface area (Å²) in [5.41, 5.74) is 1.43. The first-order chi connectivity index (χ1) is 5.92. The minimum atomic E-state index is 0.535. The van der Waals surface area contributed by atoms with Gasteiger partial charge in [-0.1, -0.05) is 9.39 Å². The van der Waals surface area contributed by atoms with Crippen molar-refractivity contribution in [3.05, 3.63) is 24.0 Å². The Morgan fingerprint density at radius 2 is 2.42 bits per heavy atom. The summed E-state index contributed by atoms with van der Waals surface area (Å²) in [6, 6.07) is 4.88. The van der Waals surface area contributed by atoms with E-state index in [4.69, 9.17) is 0 Å². The van der Waals surface area contributed by atoms with Crippen molar-refractivity contribution in [3.63, 3.8) is 0 Å². The van der Waals surface area contributed by atoms with Crippen LogP contribution in [-0.4, -0.2) is 4.57 Å². The molecule has 1 aliphatic rings. The zero-order valence-electron chi connectivity index (χ0n) is 7.16. The van der Waals surface area contributed by atoms with Crippen molar-refractivity contribution < 1.29 is 0 Å². The molecule has 2 rings (SSSR count). The van der Waals surface area contributed by atoms with Gasteiger partial charge in [0.2, 0.25) is 0 Å². The maximum absolute atomic E-state index is 3.28. The predicted octanol–water partition coefficient (Wildman–Crippen LogP) is 2.09. The highest BCUT2D eigenvalue weighted by Gasteiger charge is 2.15. The van der Waals surface area contributed by atoms with Gasteiger partial charge >= 0.3 is 0 Å². The Morgan fingerprint density at radius 1 is 1.50 bits per heavy atom. The molecule has 2 atom stereocenters. The first-order valence-electron chi connectivity index (χ1n) is 4.53. The molecule has 0 spiro atoms. The average Bonchev–Trinajstić information content (AvgIpc) is 2.46. The molecule has 0 aliphatic carbocycles. The molecule has 0 aromatic carbocycles.